The molecule has 1 aromatic carbocycles. The molecule has 2 aromatic heterocycles. The molecule has 0 aliphatic carbocycles. The molecule has 19 heavy (non-hydrogen) atoms. The monoisotopic (exact) mass is 321 g/mol. The fourth-order valence-electron chi connectivity index (χ4n) is 2.10. The van der Waals surface area contributed by atoms with Gasteiger partial charge in [0.15, 0.2) is 5.58 Å². The number of hydrogen-bond donors (Lipinski definition) is 0. The summed E-state index contributed by atoms with van der Waals surface area (Å²) in [6.45, 7) is 1.99. The van der Waals surface area contributed by atoms with Crippen molar-refractivity contribution in [3.05, 3.63) is 58.0 Å². The Kier molecular flexibility index (Phi) is 2.86. The maximum atomic E-state index is 11.5. The molecule has 2 heterocycles. The minimum Gasteiger partial charge on any atom is -0.468 e. The number of halogens is 1. The van der Waals surface area contributed by atoms with Gasteiger partial charge in [-0.3, -0.25) is 4.57 Å². The number of benzene rings is 1. The molecule has 5 heteroatoms. The Labute approximate surface area is 117 Å². The van der Waals surface area contributed by atoms with Crippen LogP contribution in [-0.2, 0) is 7.05 Å². The first-order chi connectivity index (χ1) is 9.08. The van der Waals surface area contributed by atoms with Gasteiger partial charge >= 0.3 is 5.76 Å². The highest BCUT2D eigenvalue weighted by Gasteiger charge is 2.17. The second kappa shape index (κ2) is 4.42. The van der Waals surface area contributed by atoms with Crippen LogP contribution >= 0.6 is 15.9 Å². The van der Waals surface area contributed by atoms with E-state index in [9.17, 15) is 4.79 Å². The van der Waals surface area contributed by atoms with Crippen molar-refractivity contribution in [2.75, 3.05) is 0 Å². The number of aryl methyl sites for hydroxylation is 2. The Bertz CT molecular complexity index is 796. The van der Waals surface area contributed by atoms with Crippen LogP contribution in [0.25, 0.3) is 11.1 Å². The van der Waals surface area contributed by atoms with Gasteiger partial charge in [-0.15, -0.1) is 0 Å². The minimum absolute atomic E-state index is 0.0580. The number of fused-ring (bicyclic) bond motifs is 1. The van der Waals surface area contributed by atoms with Crippen LogP contribution in [0.2, 0.25) is 0 Å². The smallest absolute Gasteiger partial charge is 0.419 e. The molecule has 0 spiro atoms. The number of hydrogen-bond acceptors (Lipinski definition) is 3. The van der Waals surface area contributed by atoms with Crippen LogP contribution in [0.3, 0.4) is 0 Å². The molecule has 0 amide bonds. The average molecular weight is 322 g/mol. The largest absolute Gasteiger partial charge is 0.468 e. The van der Waals surface area contributed by atoms with Gasteiger partial charge in [-0.25, -0.2) is 4.79 Å². The second-order valence-corrected chi connectivity index (χ2v) is 5.40. The van der Waals surface area contributed by atoms with Gasteiger partial charge in [-0.2, -0.15) is 0 Å². The number of alkyl halides is 1. The minimum atomic E-state index is -0.354. The lowest BCUT2D eigenvalue weighted by Gasteiger charge is -2.08. The van der Waals surface area contributed by atoms with Crippen molar-refractivity contribution in [3.63, 3.8) is 0 Å². The molecule has 0 saturated heterocycles. The summed E-state index contributed by atoms with van der Waals surface area (Å²) in [5.74, 6) is 0.505. The summed E-state index contributed by atoms with van der Waals surface area (Å²) in [6.07, 6.45) is 1.67. The molecular weight excluding hydrogens is 310 g/mol. The van der Waals surface area contributed by atoms with Crippen LogP contribution in [0.15, 0.2) is 44.2 Å². The van der Waals surface area contributed by atoms with Crippen molar-refractivity contribution in [2.45, 2.75) is 11.8 Å². The Hall–Kier alpha value is -1.75. The highest BCUT2D eigenvalue weighted by molar-refractivity contribution is 9.09. The van der Waals surface area contributed by atoms with Gasteiger partial charge in [0.05, 0.1) is 16.6 Å². The first kappa shape index (κ1) is 12.3. The van der Waals surface area contributed by atoms with Gasteiger partial charge in [-0.05, 0) is 36.2 Å². The predicted molar refractivity (Wildman–Crippen MR) is 75.7 cm³/mol. The van der Waals surface area contributed by atoms with E-state index < -0.39 is 0 Å². The zero-order chi connectivity index (χ0) is 13.6. The van der Waals surface area contributed by atoms with Crippen molar-refractivity contribution in [1.29, 1.82) is 0 Å². The van der Waals surface area contributed by atoms with Crippen molar-refractivity contribution >= 4 is 27.0 Å². The van der Waals surface area contributed by atoms with E-state index >= 15 is 0 Å². The van der Waals surface area contributed by atoms with Crippen LogP contribution in [0.1, 0.15) is 21.7 Å². The summed E-state index contributed by atoms with van der Waals surface area (Å²) in [4.78, 5) is 11.4. The van der Waals surface area contributed by atoms with Gasteiger partial charge < -0.3 is 8.83 Å². The number of nitrogens with zero attached hydrogens (tertiary/aromatic N) is 1. The van der Waals surface area contributed by atoms with Crippen molar-refractivity contribution in [1.82, 2.24) is 4.57 Å². The van der Waals surface area contributed by atoms with Crippen LogP contribution in [0.4, 0.5) is 0 Å². The zero-order valence-corrected chi connectivity index (χ0v) is 12.1. The normalized spacial score (nSPS) is 13.0. The van der Waals surface area contributed by atoms with Gasteiger partial charge in [0.1, 0.15) is 5.76 Å². The van der Waals surface area contributed by atoms with Crippen LogP contribution < -0.4 is 5.76 Å². The number of furan rings is 1. The molecule has 0 bridgehead atoms. The van der Waals surface area contributed by atoms with E-state index in [4.69, 9.17) is 8.83 Å². The predicted octanol–water partition coefficient (Wildman–Crippen LogP) is 3.52. The van der Waals surface area contributed by atoms with E-state index in [0.717, 1.165) is 22.4 Å². The van der Waals surface area contributed by atoms with E-state index in [2.05, 4.69) is 15.9 Å². The lowest BCUT2D eigenvalue weighted by Crippen LogP contribution is -2.08. The van der Waals surface area contributed by atoms with Crippen molar-refractivity contribution in [2.24, 2.45) is 7.05 Å². The first-order valence-corrected chi connectivity index (χ1v) is 6.77. The van der Waals surface area contributed by atoms with Gasteiger partial charge in [0.25, 0.3) is 0 Å². The summed E-state index contributed by atoms with van der Waals surface area (Å²) < 4.78 is 12.2. The molecule has 4 nitrogen and oxygen atoms in total. The maximum absolute atomic E-state index is 11.5. The molecule has 0 N–H and O–H groups in total. The zero-order valence-electron chi connectivity index (χ0n) is 10.5. The summed E-state index contributed by atoms with van der Waals surface area (Å²) in [5, 5.41) is 0. The fraction of sp³-hybridized carbons (Fsp3) is 0.214. The topological polar surface area (TPSA) is 48.3 Å². The van der Waals surface area contributed by atoms with E-state index in [0.29, 0.717) is 5.58 Å². The molecule has 1 unspecified atom stereocenters. The fourth-order valence-corrected chi connectivity index (χ4v) is 2.86. The van der Waals surface area contributed by atoms with E-state index in [1.54, 1.807) is 13.3 Å². The molecule has 0 aliphatic heterocycles. The standard InChI is InChI=1S/C14H12BrNO3/c1-8-5-6-18-13(8)12(15)9-3-4-10-11(7-9)19-14(17)16(10)2/h3-7,12H,1-2H3. The van der Waals surface area contributed by atoms with Gasteiger partial charge in [0.2, 0.25) is 0 Å². The Morgan fingerprint density at radius 1 is 1.32 bits per heavy atom. The number of oxazole rings is 1. The lowest BCUT2D eigenvalue weighted by molar-refractivity contribution is 0.516. The third-order valence-corrected chi connectivity index (χ3v) is 4.19. The third kappa shape index (κ3) is 1.94. The molecular formula is C14H12BrNO3. The SMILES string of the molecule is Cc1ccoc1C(Br)c1ccc2c(c1)oc(=O)n2C. The quantitative estimate of drug-likeness (QED) is 0.678. The Morgan fingerprint density at radius 2 is 2.11 bits per heavy atom. The average Bonchev–Trinajstić information content (AvgIpc) is 2.93. The van der Waals surface area contributed by atoms with Gasteiger partial charge in [0, 0.05) is 7.05 Å². The number of rotatable bonds is 2. The van der Waals surface area contributed by atoms with Crippen LogP contribution in [0.5, 0.6) is 0 Å². The highest BCUT2D eigenvalue weighted by atomic mass is 79.9. The maximum Gasteiger partial charge on any atom is 0.419 e. The lowest BCUT2D eigenvalue weighted by atomic mass is 10.1. The highest BCUT2D eigenvalue weighted by Crippen LogP contribution is 2.34. The van der Waals surface area contributed by atoms with E-state index in [1.807, 2.05) is 31.2 Å². The molecule has 98 valence electrons. The molecule has 0 saturated carbocycles. The molecule has 3 aromatic rings. The molecule has 0 radical (unpaired) electrons. The van der Waals surface area contributed by atoms with Gasteiger partial charge in [-0.1, -0.05) is 22.0 Å². The van der Waals surface area contributed by atoms with E-state index in [-0.39, 0.29) is 10.6 Å². The molecule has 0 aliphatic rings. The summed E-state index contributed by atoms with van der Waals surface area (Å²) in [5.41, 5.74) is 3.43. The third-order valence-electron chi connectivity index (χ3n) is 3.24. The molecule has 3 rings (SSSR count). The summed E-state index contributed by atoms with van der Waals surface area (Å²) in [6, 6.07) is 7.61. The Balaban J connectivity index is 2.11. The van der Waals surface area contributed by atoms with Crippen LogP contribution in [-0.4, -0.2) is 4.57 Å². The summed E-state index contributed by atoms with van der Waals surface area (Å²) >= 11 is 3.61. The Morgan fingerprint density at radius 3 is 2.79 bits per heavy atom. The van der Waals surface area contributed by atoms with Crippen LogP contribution in [0, 0.1) is 6.92 Å². The first-order valence-electron chi connectivity index (χ1n) is 5.85. The van der Waals surface area contributed by atoms with Crippen molar-refractivity contribution in [3.8, 4) is 0 Å². The number of aromatic nitrogens is 1. The van der Waals surface area contributed by atoms with Crippen molar-refractivity contribution < 1.29 is 8.83 Å². The molecule has 1 atom stereocenters. The second-order valence-electron chi connectivity index (χ2n) is 4.48. The molecule has 0 fully saturated rings. The van der Waals surface area contributed by atoms with E-state index in [1.165, 1.54) is 4.57 Å². The summed E-state index contributed by atoms with van der Waals surface area (Å²) in [7, 11) is 1.69.